The fourth-order valence-corrected chi connectivity index (χ4v) is 6.47. The van der Waals surface area contributed by atoms with Gasteiger partial charge in [-0.15, -0.1) is 0 Å². The van der Waals surface area contributed by atoms with E-state index in [1.54, 1.807) is 0 Å². The van der Waals surface area contributed by atoms with Crippen molar-refractivity contribution >= 4 is 66.4 Å². The Balaban J connectivity index is 1.48. The SMILES string of the molecule is CCCCc1cccc2c3[nH]c(c12)N=c1[nH]c(c2ccccc12)=Nc1[nH]c(c2ccccc12)N=c1[nH]c(c2ccccc12)=N3. The number of hydrogen-bond donors (Lipinski definition) is 4. The summed E-state index contributed by atoms with van der Waals surface area (Å²) in [6, 6.07) is 31.1. The quantitative estimate of drug-likeness (QED) is 0.174. The van der Waals surface area contributed by atoms with Crippen LogP contribution in [0.3, 0.4) is 0 Å². The van der Waals surface area contributed by atoms with E-state index in [2.05, 4.69) is 81.5 Å². The molecule has 8 bridgehead atoms. The Morgan fingerprint density at radius 1 is 0.432 bits per heavy atom. The fraction of sp³-hybridized carbons (Fsp3) is 0.111. The normalized spacial score (nSPS) is 12.8. The smallest absolute Gasteiger partial charge is 0.142 e. The molecule has 0 aliphatic carbocycles. The number of aromatic amines is 4. The molecule has 0 atom stereocenters. The van der Waals surface area contributed by atoms with E-state index in [4.69, 9.17) is 20.0 Å². The van der Waals surface area contributed by atoms with E-state index in [9.17, 15) is 0 Å². The molecule has 0 saturated heterocycles. The number of nitrogens with zero attached hydrogens (tertiary/aromatic N) is 4. The van der Waals surface area contributed by atoms with E-state index in [1.165, 1.54) is 5.56 Å². The fourth-order valence-electron chi connectivity index (χ4n) is 6.47. The van der Waals surface area contributed by atoms with Crippen LogP contribution >= 0.6 is 0 Å². The predicted octanol–water partition coefficient (Wildman–Crippen LogP) is 7.07. The van der Waals surface area contributed by atoms with Crippen LogP contribution in [0.25, 0.3) is 43.1 Å². The second-order valence-corrected chi connectivity index (χ2v) is 11.3. The van der Waals surface area contributed by atoms with Gasteiger partial charge >= 0.3 is 0 Å². The molecule has 0 fully saturated rings. The Hall–Kier alpha value is -5.76. The van der Waals surface area contributed by atoms with Crippen molar-refractivity contribution in [2.24, 2.45) is 20.0 Å². The summed E-state index contributed by atoms with van der Waals surface area (Å²) in [7, 11) is 0. The maximum atomic E-state index is 5.25. The highest BCUT2D eigenvalue weighted by Crippen LogP contribution is 2.37. The second kappa shape index (κ2) is 9.64. The molecule has 0 unspecified atom stereocenters. The molecule has 1 aliphatic heterocycles. The molecule has 4 N–H and O–H groups in total. The minimum absolute atomic E-state index is 0.735. The second-order valence-electron chi connectivity index (χ2n) is 11.3. The molecule has 0 saturated carbocycles. The number of aryl methyl sites for hydroxylation is 1. The number of H-pyrrole nitrogens is 4. The number of fused-ring (bicyclic) bond motifs is 20. The minimum Gasteiger partial charge on any atom is -0.324 e. The first-order chi connectivity index (χ1) is 21.7. The van der Waals surface area contributed by atoms with Gasteiger partial charge in [0.2, 0.25) is 0 Å². The van der Waals surface area contributed by atoms with Gasteiger partial charge in [-0.2, -0.15) is 0 Å². The monoisotopic (exact) mass is 572 g/mol. The number of hydrogen-bond acceptors (Lipinski definition) is 4. The molecule has 0 radical (unpaired) electrons. The lowest BCUT2D eigenvalue weighted by Crippen LogP contribution is -2.10. The first-order valence-electron chi connectivity index (χ1n) is 15.1. The molecule has 0 spiro atoms. The van der Waals surface area contributed by atoms with E-state index in [1.807, 2.05) is 36.4 Å². The number of nitrogens with one attached hydrogen (secondary N) is 4. The van der Waals surface area contributed by atoms with Gasteiger partial charge in [0.05, 0.1) is 0 Å². The number of unbranched alkanes of at least 4 members (excludes halogenated alkanes) is 1. The third kappa shape index (κ3) is 3.77. The summed E-state index contributed by atoms with van der Waals surface area (Å²) in [4.78, 5) is 34.9. The van der Waals surface area contributed by atoms with Crippen LogP contribution in [0.15, 0.2) is 111 Å². The molecule has 8 heteroatoms. The van der Waals surface area contributed by atoms with Crippen LogP contribution in [0.5, 0.6) is 0 Å². The standard InChI is InChI=1S/C36H28N8/c1-2-3-11-20-12-10-19-27-28(20)36-43-34-26-18-9-8-17-25(26)32(41-34)39-30-22-14-5-4-13-21(22)29(37-30)38-31-23-15-6-7-16-24(23)33(40-31)42-35(27)44-36/h4-10,12-19H,2-3,11H2,1H3,(H4,37,38,39,40,41,42,43,44). The van der Waals surface area contributed by atoms with Crippen LogP contribution in [-0.2, 0) is 6.42 Å². The summed E-state index contributed by atoms with van der Waals surface area (Å²) in [5.74, 6) is 3.01. The molecular formula is C36H28N8. The molecule has 1 aliphatic rings. The highest BCUT2D eigenvalue weighted by atomic mass is 15.1. The molecule has 8 aromatic rings. The Bertz CT molecular complexity index is 2660. The number of benzene rings is 4. The lowest BCUT2D eigenvalue weighted by Gasteiger charge is -2.03. The topological polar surface area (TPSA) is 113 Å². The zero-order chi connectivity index (χ0) is 29.2. The highest BCUT2D eigenvalue weighted by molar-refractivity contribution is 6.02. The van der Waals surface area contributed by atoms with E-state index in [0.717, 1.165) is 108 Å². The summed E-state index contributed by atoms with van der Waals surface area (Å²) in [6.07, 6.45) is 3.19. The highest BCUT2D eigenvalue weighted by Gasteiger charge is 2.16. The molecule has 4 aromatic heterocycles. The summed E-state index contributed by atoms with van der Waals surface area (Å²) < 4.78 is 0. The van der Waals surface area contributed by atoms with Crippen LogP contribution in [-0.4, -0.2) is 19.9 Å². The summed E-state index contributed by atoms with van der Waals surface area (Å²) in [6.45, 7) is 2.22. The Morgan fingerprint density at radius 3 is 1.34 bits per heavy atom. The van der Waals surface area contributed by atoms with Crippen molar-refractivity contribution in [2.45, 2.75) is 26.2 Å². The lowest BCUT2D eigenvalue weighted by atomic mass is 10.0. The molecule has 212 valence electrons. The van der Waals surface area contributed by atoms with Crippen molar-refractivity contribution in [3.8, 4) is 0 Å². The van der Waals surface area contributed by atoms with Gasteiger partial charge in [-0.3, -0.25) is 0 Å². The average molecular weight is 573 g/mol. The van der Waals surface area contributed by atoms with Gasteiger partial charge in [-0.25, -0.2) is 20.0 Å². The van der Waals surface area contributed by atoms with E-state index >= 15 is 0 Å². The maximum Gasteiger partial charge on any atom is 0.142 e. The van der Waals surface area contributed by atoms with Crippen molar-refractivity contribution in [1.82, 2.24) is 19.9 Å². The zero-order valence-electron chi connectivity index (χ0n) is 24.1. The van der Waals surface area contributed by atoms with Gasteiger partial charge in [0.1, 0.15) is 45.2 Å². The Kier molecular flexibility index (Phi) is 5.43. The Morgan fingerprint density at radius 2 is 0.841 bits per heavy atom. The molecule has 44 heavy (non-hydrogen) atoms. The largest absolute Gasteiger partial charge is 0.324 e. The first kappa shape index (κ1) is 24.8. The van der Waals surface area contributed by atoms with E-state index in [0.29, 0.717) is 0 Å². The van der Waals surface area contributed by atoms with Gasteiger partial charge in [0, 0.05) is 43.1 Å². The molecule has 5 heterocycles. The molecular weight excluding hydrogens is 544 g/mol. The third-order valence-electron chi connectivity index (χ3n) is 8.60. The zero-order valence-corrected chi connectivity index (χ0v) is 24.1. The summed E-state index contributed by atoms with van der Waals surface area (Å²) in [5.41, 5.74) is 4.23. The number of aromatic nitrogens is 4. The van der Waals surface area contributed by atoms with Crippen molar-refractivity contribution in [2.75, 3.05) is 0 Å². The summed E-state index contributed by atoms with van der Waals surface area (Å²) in [5, 5.41) is 8.13. The molecule has 0 amide bonds. The van der Waals surface area contributed by atoms with Crippen molar-refractivity contribution in [3.05, 3.63) is 119 Å². The van der Waals surface area contributed by atoms with Crippen molar-refractivity contribution < 1.29 is 0 Å². The maximum absolute atomic E-state index is 5.25. The third-order valence-corrected chi connectivity index (χ3v) is 8.60. The van der Waals surface area contributed by atoms with Crippen LogP contribution in [0.2, 0.25) is 0 Å². The minimum atomic E-state index is 0.735. The van der Waals surface area contributed by atoms with E-state index < -0.39 is 0 Å². The van der Waals surface area contributed by atoms with Gasteiger partial charge in [0.15, 0.2) is 0 Å². The van der Waals surface area contributed by atoms with E-state index in [-0.39, 0.29) is 0 Å². The van der Waals surface area contributed by atoms with Gasteiger partial charge in [0.25, 0.3) is 0 Å². The van der Waals surface area contributed by atoms with Crippen LogP contribution < -0.4 is 22.0 Å². The average Bonchev–Trinajstić information content (AvgIpc) is 3.79. The number of rotatable bonds is 3. The first-order valence-corrected chi connectivity index (χ1v) is 15.1. The van der Waals surface area contributed by atoms with Gasteiger partial charge in [-0.1, -0.05) is 104 Å². The van der Waals surface area contributed by atoms with Gasteiger partial charge in [-0.05, 0) is 18.4 Å². The molecule has 8 nitrogen and oxygen atoms in total. The summed E-state index contributed by atoms with van der Waals surface area (Å²) >= 11 is 0. The van der Waals surface area contributed by atoms with Crippen molar-refractivity contribution in [3.63, 3.8) is 0 Å². The predicted molar refractivity (Wildman–Crippen MR) is 175 cm³/mol. The molecule has 4 aromatic carbocycles. The Labute approximate surface area is 250 Å². The van der Waals surface area contributed by atoms with Crippen molar-refractivity contribution in [1.29, 1.82) is 0 Å². The van der Waals surface area contributed by atoms with Crippen LogP contribution in [0.1, 0.15) is 25.3 Å². The van der Waals surface area contributed by atoms with Crippen LogP contribution in [0, 0.1) is 0 Å². The molecule has 9 rings (SSSR count). The van der Waals surface area contributed by atoms with Crippen LogP contribution in [0.4, 0.5) is 23.3 Å². The lowest BCUT2D eigenvalue weighted by molar-refractivity contribution is 0.799. The van der Waals surface area contributed by atoms with Gasteiger partial charge < -0.3 is 19.9 Å².